The molecule has 9 heteroatoms. The molecule has 1 atom stereocenters. The Kier molecular flexibility index (Phi) is 7.86. The maximum Gasteiger partial charge on any atom is 0.341 e. The quantitative estimate of drug-likeness (QED) is 0.633. The van der Waals surface area contributed by atoms with Gasteiger partial charge >= 0.3 is 5.97 Å². The predicted molar refractivity (Wildman–Crippen MR) is 118 cm³/mol. The van der Waals surface area contributed by atoms with Gasteiger partial charge in [0, 0.05) is 19.1 Å². The van der Waals surface area contributed by atoms with Crippen molar-refractivity contribution in [2.24, 2.45) is 0 Å². The molecule has 1 N–H and O–H groups in total. The second-order valence-corrected chi connectivity index (χ2v) is 8.30. The molecule has 0 radical (unpaired) electrons. The summed E-state index contributed by atoms with van der Waals surface area (Å²) in [5.41, 5.74) is 1.44. The highest BCUT2D eigenvalue weighted by Gasteiger charge is 2.28. The fourth-order valence-electron chi connectivity index (χ4n) is 2.66. The molecular weight excluding hydrogens is 428 g/mol. The van der Waals surface area contributed by atoms with Gasteiger partial charge in [-0.25, -0.2) is 4.79 Å². The highest BCUT2D eigenvalue weighted by Crippen LogP contribution is 2.34. The molecule has 0 spiro atoms. The molecule has 0 saturated carbocycles. The molecule has 2 amide bonds. The smallest absolute Gasteiger partial charge is 0.341 e. The lowest BCUT2D eigenvalue weighted by atomic mass is 10.1. The molecule has 1 unspecified atom stereocenters. The van der Waals surface area contributed by atoms with Crippen molar-refractivity contribution in [3.05, 3.63) is 44.8 Å². The minimum atomic E-state index is -0.852. The highest BCUT2D eigenvalue weighted by atomic mass is 35.5. The minimum absolute atomic E-state index is 0.174. The van der Waals surface area contributed by atoms with Crippen molar-refractivity contribution in [2.75, 3.05) is 26.0 Å². The third-order valence-corrected chi connectivity index (χ3v) is 5.70. The third kappa shape index (κ3) is 5.31. The van der Waals surface area contributed by atoms with E-state index in [4.69, 9.17) is 21.1 Å². The van der Waals surface area contributed by atoms with E-state index in [1.54, 1.807) is 53.1 Å². The number of carbonyl (C=O) groups excluding carboxylic acids is 3. The molecular formula is C21H25ClN2O5S. The molecule has 2 rings (SSSR count). The summed E-state index contributed by atoms with van der Waals surface area (Å²) in [6.45, 7) is 6.94. The Bertz CT molecular complexity index is 971. The number of hydrogen-bond acceptors (Lipinski definition) is 6. The summed E-state index contributed by atoms with van der Waals surface area (Å²) in [5.74, 6) is -0.787. The molecule has 1 aromatic heterocycles. The van der Waals surface area contributed by atoms with Gasteiger partial charge < -0.3 is 19.7 Å². The van der Waals surface area contributed by atoms with E-state index >= 15 is 0 Å². The molecule has 162 valence electrons. The number of esters is 1. The minimum Gasteiger partial charge on any atom is -0.481 e. The van der Waals surface area contributed by atoms with E-state index in [0.29, 0.717) is 21.2 Å². The Morgan fingerprint density at radius 3 is 2.47 bits per heavy atom. The molecule has 7 nitrogen and oxygen atoms in total. The number of ether oxygens (including phenoxy) is 2. The van der Waals surface area contributed by atoms with Gasteiger partial charge in [-0.05, 0) is 57.0 Å². The van der Waals surface area contributed by atoms with Crippen LogP contribution in [-0.4, -0.2) is 49.5 Å². The van der Waals surface area contributed by atoms with Crippen LogP contribution in [0.25, 0.3) is 0 Å². The zero-order valence-electron chi connectivity index (χ0n) is 17.8. The number of amides is 2. The van der Waals surface area contributed by atoms with Crippen molar-refractivity contribution in [2.45, 2.75) is 33.8 Å². The fourth-order valence-corrected chi connectivity index (χ4v) is 4.11. The monoisotopic (exact) mass is 452 g/mol. The number of nitrogens with one attached hydrogen (secondary N) is 1. The molecule has 1 heterocycles. The highest BCUT2D eigenvalue weighted by molar-refractivity contribution is 7.18. The average Bonchev–Trinajstić information content (AvgIpc) is 2.99. The summed E-state index contributed by atoms with van der Waals surface area (Å²) >= 11 is 6.99. The van der Waals surface area contributed by atoms with Crippen LogP contribution in [0.1, 0.15) is 45.0 Å². The molecule has 1 aromatic carbocycles. The van der Waals surface area contributed by atoms with Gasteiger partial charge in [0.2, 0.25) is 0 Å². The molecule has 30 heavy (non-hydrogen) atoms. The van der Waals surface area contributed by atoms with Gasteiger partial charge in [0.15, 0.2) is 6.10 Å². The van der Waals surface area contributed by atoms with Crippen molar-refractivity contribution in [3.63, 3.8) is 0 Å². The van der Waals surface area contributed by atoms with Crippen molar-refractivity contribution in [3.8, 4) is 5.75 Å². The Hall–Kier alpha value is -2.58. The Morgan fingerprint density at radius 2 is 1.90 bits per heavy atom. The van der Waals surface area contributed by atoms with Gasteiger partial charge in [0.25, 0.3) is 11.8 Å². The topological polar surface area (TPSA) is 84.9 Å². The van der Waals surface area contributed by atoms with E-state index in [1.165, 1.54) is 4.90 Å². The Balaban J connectivity index is 2.30. The lowest BCUT2D eigenvalue weighted by Crippen LogP contribution is -2.30. The first-order chi connectivity index (χ1) is 14.1. The van der Waals surface area contributed by atoms with Crippen LogP contribution in [0.2, 0.25) is 5.02 Å². The normalized spacial score (nSPS) is 11.6. The number of halogens is 1. The fraction of sp³-hybridized carbons (Fsp3) is 0.381. The maximum absolute atomic E-state index is 12.7. The molecule has 0 aliphatic rings. The van der Waals surface area contributed by atoms with Crippen LogP contribution in [0.3, 0.4) is 0 Å². The van der Waals surface area contributed by atoms with E-state index in [-0.39, 0.29) is 23.1 Å². The van der Waals surface area contributed by atoms with E-state index < -0.39 is 18.0 Å². The number of rotatable bonds is 7. The summed E-state index contributed by atoms with van der Waals surface area (Å²) in [4.78, 5) is 39.5. The summed E-state index contributed by atoms with van der Waals surface area (Å²) in [5, 5.41) is 3.54. The van der Waals surface area contributed by atoms with Crippen LogP contribution in [0.15, 0.2) is 18.2 Å². The summed E-state index contributed by atoms with van der Waals surface area (Å²) in [6, 6.07) is 5.10. The van der Waals surface area contributed by atoms with Gasteiger partial charge in [-0.1, -0.05) is 11.6 Å². The Morgan fingerprint density at radius 1 is 1.23 bits per heavy atom. The lowest BCUT2D eigenvalue weighted by molar-refractivity contribution is -0.122. The van der Waals surface area contributed by atoms with Gasteiger partial charge in [0.05, 0.1) is 17.0 Å². The molecule has 0 aliphatic carbocycles. The number of aryl methyl sites for hydroxylation is 1. The number of nitrogens with zero attached hydrogens (tertiary/aromatic N) is 1. The van der Waals surface area contributed by atoms with E-state index in [9.17, 15) is 14.4 Å². The molecule has 0 fully saturated rings. The number of benzene rings is 1. The standard InChI is InChI=1S/C21H25ClN2O5S/c1-7-28-21(27)16-12(3)17(20(26)24(5)6)30-19(16)23-18(25)13(4)29-15-9-8-14(22)10-11(15)2/h8-10,13H,7H2,1-6H3,(H,23,25). The molecule has 0 saturated heterocycles. The maximum atomic E-state index is 12.7. The largest absolute Gasteiger partial charge is 0.481 e. The first-order valence-electron chi connectivity index (χ1n) is 9.32. The van der Waals surface area contributed by atoms with Crippen molar-refractivity contribution < 1.29 is 23.9 Å². The SMILES string of the molecule is CCOC(=O)c1c(NC(=O)C(C)Oc2ccc(Cl)cc2C)sc(C(=O)N(C)C)c1C. The van der Waals surface area contributed by atoms with Gasteiger partial charge in [-0.3, -0.25) is 9.59 Å². The Labute approximate surface area is 184 Å². The zero-order chi connectivity index (χ0) is 22.6. The molecule has 0 bridgehead atoms. The van der Waals surface area contributed by atoms with Crippen LogP contribution < -0.4 is 10.1 Å². The van der Waals surface area contributed by atoms with Gasteiger partial charge in [-0.2, -0.15) is 0 Å². The number of carbonyl (C=O) groups is 3. The van der Waals surface area contributed by atoms with Gasteiger partial charge in [0.1, 0.15) is 10.8 Å². The zero-order valence-corrected chi connectivity index (χ0v) is 19.4. The predicted octanol–water partition coefficient (Wildman–Crippen LogP) is 4.30. The van der Waals surface area contributed by atoms with Crippen molar-refractivity contribution in [1.82, 2.24) is 4.90 Å². The number of hydrogen-bond donors (Lipinski definition) is 1. The summed E-state index contributed by atoms with van der Waals surface area (Å²) < 4.78 is 10.9. The first kappa shape index (κ1) is 23.7. The molecule has 0 aliphatic heterocycles. The van der Waals surface area contributed by atoms with E-state index in [0.717, 1.165) is 16.9 Å². The van der Waals surface area contributed by atoms with Crippen molar-refractivity contribution in [1.29, 1.82) is 0 Å². The van der Waals surface area contributed by atoms with Crippen LogP contribution >= 0.6 is 22.9 Å². The van der Waals surface area contributed by atoms with Crippen LogP contribution in [-0.2, 0) is 9.53 Å². The van der Waals surface area contributed by atoms with Crippen LogP contribution in [0, 0.1) is 13.8 Å². The lowest BCUT2D eigenvalue weighted by Gasteiger charge is -2.16. The third-order valence-electron chi connectivity index (χ3n) is 4.27. The van der Waals surface area contributed by atoms with E-state index in [2.05, 4.69) is 5.32 Å². The second kappa shape index (κ2) is 9.95. The van der Waals surface area contributed by atoms with Crippen molar-refractivity contribution >= 4 is 45.7 Å². The van der Waals surface area contributed by atoms with Crippen LogP contribution in [0.5, 0.6) is 5.75 Å². The van der Waals surface area contributed by atoms with E-state index in [1.807, 2.05) is 6.92 Å². The number of thiophene rings is 1. The summed E-state index contributed by atoms with van der Waals surface area (Å²) in [7, 11) is 3.24. The summed E-state index contributed by atoms with van der Waals surface area (Å²) in [6.07, 6.45) is -0.852. The average molecular weight is 453 g/mol. The van der Waals surface area contributed by atoms with Crippen LogP contribution in [0.4, 0.5) is 5.00 Å². The number of anilines is 1. The molecule has 2 aromatic rings. The second-order valence-electron chi connectivity index (χ2n) is 6.84. The van der Waals surface area contributed by atoms with Gasteiger partial charge in [-0.15, -0.1) is 11.3 Å². The first-order valence-corrected chi connectivity index (χ1v) is 10.5.